The van der Waals surface area contributed by atoms with Crippen molar-refractivity contribution < 1.29 is 77.6 Å². The van der Waals surface area contributed by atoms with Crippen molar-refractivity contribution in [3.8, 4) is 0 Å². The lowest BCUT2D eigenvalue weighted by molar-refractivity contribution is -0.144. The van der Waals surface area contributed by atoms with Crippen molar-refractivity contribution in [3.05, 3.63) is 84.1 Å². The summed E-state index contributed by atoms with van der Waals surface area (Å²) in [5, 5.41) is 62.7. The number of benzene rings is 2. The molecule has 502 valence electrons. The van der Waals surface area contributed by atoms with Crippen LogP contribution in [0.3, 0.4) is 0 Å². The largest absolute Gasteiger partial charge is 0.394 e. The van der Waals surface area contributed by atoms with Gasteiger partial charge in [0.2, 0.25) is 65.0 Å². The fraction of sp³-hybridized carbons (Fsp3) is 0.500. The van der Waals surface area contributed by atoms with Crippen molar-refractivity contribution in [3.63, 3.8) is 0 Å². The van der Waals surface area contributed by atoms with Crippen molar-refractivity contribution in [1.82, 2.24) is 68.0 Å². The minimum absolute atomic E-state index is 0.176. The Morgan fingerprint density at radius 2 is 1.44 bits per heavy atom. The van der Waals surface area contributed by atoms with Crippen LogP contribution < -0.4 is 58.5 Å². The summed E-state index contributed by atoms with van der Waals surface area (Å²) < 4.78 is 0. The number of para-hydroxylation sites is 1. The van der Waals surface area contributed by atoms with Crippen molar-refractivity contribution >= 4 is 105 Å². The monoisotopic (exact) mass is 1310 g/mol. The molecular weight excluding hydrogens is 1230 g/mol. The molecule has 15 N–H and O–H groups in total. The van der Waals surface area contributed by atoms with E-state index in [4.69, 9.17) is 0 Å². The van der Waals surface area contributed by atoms with E-state index in [1.807, 2.05) is 6.92 Å². The summed E-state index contributed by atoms with van der Waals surface area (Å²) in [5.41, 5.74) is 1.99. The van der Waals surface area contributed by atoms with Crippen LogP contribution in [-0.2, 0) is 75.3 Å². The molecule has 31 heteroatoms. The smallest absolute Gasteiger partial charge is 0.253 e. The lowest BCUT2D eigenvalue weighted by Gasteiger charge is -2.33. The van der Waals surface area contributed by atoms with Crippen LogP contribution in [0.4, 0.5) is 5.69 Å². The van der Waals surface area contributed by atoms with Gasteiger partial charge in [-0.2, -0.15) is 0 Å². The second-order valence-electron chi connectivity index (χ2n) is 23.9. The number of hydrogen-bond acceptors (Lipinski definition) is 18. The zero-order valence-electron chi connectivity index (χ0n) is 52.4. The number of imide groups is 1. The average Bonchev–Trinajstić information content (AvgIpc) is 1.69. The second kappa shape index (κ2) is 32.4. The Morgan fingerprint density at radius 1 is 0.753 bits per heavy atom. The summed E-state index contributed by atoms with van der Waals surface area (Å²) in [5.74, 6) is -12.4. The highest BCUT2D eigenvalue weighted by atomic mass is 32.2. The third kappa shape index (κ3) is 18.7. The molecule has 0 saturated carbocycles. The molecule has 4 unspecified atom stereocenters. The van der Waals surface area contributed by atoms with Gasteiger partial charge in [-0.1, -0.05) is 78.0 Å². The summed E-state index contributed by atoms with van der Waals surface area (Å²) in [6.07, 6.45) is -2.00. The van der Waals surface area contributed by atoms with Gasteiger partial charge in [-0.15, -0.1) is 11.8 Å². The Balaban J connectivity index is 1.14. The van der Waals surface area contributed by atoms with Crippen LogP contribution in [-0.4, -0.2) is 206 Å². The Kier molecular flexibility index (Phi) is 24.8. The van der Waals surface area contributed by atoms with E-state index in [0.717, 1.165) is 33.7 Å². The molecule has 7 rings (SSSR count). The topological polar surface area (TPSA) is 437 Å². The van der Waals surface area contributed by atoms with Gasteiger partial charge in [0.1, 0.15) is 48.3 Å². The number of rotatable bonds is 18. The van der Waals surface area contributed by atoms with E-state index in [0.29, 0.717) is 33.5 Å². The third-order valence-electron chi connectivity index (χ3n) is 16.6. The van der Waals surface area contributed by atoms with Crippen LogP contribution in [0.1, 0.15) is 78.4 Å². The van der Waals surface area contributed by atoms with Gasteiger partial charge in [0.25, 0.3) is 11.8 Å². The first-order valence-electron chi connectivity index (χ1n) is 30.7. The fourth-order valence-electron chi connectivity index (χ4n) is 10.8. The highest BCUT2D eigenvalue weighted by molar-refractivity contribution is 7.99. The van der Waals surface area contributed by atoms with E-state index in [9.17, 15) is 72.9 Å². The van der Waals surface area contributed by atoms with Gasteiger partial charge in [-0.05, 0) is 48.1 Å². The molecule has 0 radical (unpaired) electrons. The number of nitrogens with one attached hydrogen (secondary N) is 12. The van der Waals surface area contributed by atoms with Crippen LogP contribution >= 0.6 is 11.8 Å². The van der Waals surface area contributed by atoms with Crippen molar-refractivity contribution in [2.24, 2.45) is 17.8 Å². The molecule has 12 atom stereocenters. The SMILES string of the molecule is C=C1CNC(=O)C2Cc3c([nH]c4ccccc34)SCC(NC(=O)CNC(=O)[C@H]([C@@H](C)CC)N1)C(=O)NC(CC(=O)NCc1ccc(NC(=O)[C@H](C)NC(=O)C(NC(=O)CCN3C(=O)C=CC3=O)C(C)C)cc1)C(=O)N1C[C@H](O)C[C@H]1C(=O)N[C@@H]([C@@H](C)[C@@H](O)CO)C(=O)N2. The maximum absolute atomic E-state index is 15.0. The van der Waals surface area contributed by atoms with Crippen LogP contribution in [0.15, 0.2) is 78.0 Å². The van der Waals surface area contributed by atoms with Crippen LogP contribution in [0.2, 0.25) is 0 Å². The molecule has 93 heavy (non-hydrogen) atoms. The average molecular weight is 1310 g/mol. The number of aromatic nitrogens is 1. The fourth-order valence-corrected chi connectivity index (χ4v) is 11.9. The quantitative estimate of drug-likeness (QED) is 0.0567. The summed E-state index contributed by atoms with van der Waals surface area (Å²) in [4.78, 5) is 184. The number of aliphatic hydroxyl groups excluding tert-OH is 3. The number of hydrogen-bond donors (Lipinski definition) is 15. The molecule has 5 heterocycles. The Bertz CT molecular complexity index is 3380. The Morgan fingerprint density at radius 3 is 2.12 bits per heavy atom. The van der Waals surface area contributed by atoms with E-state index in [2.05, 4.69) is 70.0 Å². The van der Waals surface area contributed by atoms with Gasteiger partial charge in [-0.3, -0.25) is 67.2 Å². The van der Waals surface area contributed by atoms with Gasteiger partial charge in [0.05, 0.1) is 43.4 Å². The van der Waals surface area contributed by atoms with E-state index < -0.39 is 182 Å². The maximum Gasteiger partial charge on any atom is 0.253 e. The van der Waals surface area contributed by atoms with E-state index in [1.165, 1.54) is 26.0 Å². The predicted molar refractivity (Wildman–Crippen MR) is 337 cm³/mol. The number of anilines is 1. The highest BCUT2D eigenvalue weighted by Crippen LogP contribution is 2.32. The molecule has 13 amide bonds. The van der Waals surface area contributed by atoms with Crippen molar-refractivity contribution in [2.45, 2.75) is 146 Å². The number of carbonyl (C=O) groups is 13. The molecular formula is C62H82N14O16S. The molecule has 1 saturated heterocycles. The van der Waals surface area contributed by atoms with Crippen LogP contribution in [0.25, 0.3) is 10.9 Å². The number of thioether (sulfide) groups is 1. The lowest BCUT2D eigenvalue weighted by Crippen LogP contribution is -2.61. The summed E-state index contributed by atoms with van der Waals surface area (Å²) in [6.45, 7) is 11.2. The number of aliphatic hydroxyl groups is 3. The predicted octanol–water partition coefficient (Wildman–Crippen LogP) is -2.92. The first-order chi connectivity index (χ1) is 44.2. The first-order valence-corrected chi connectivity index (χ1v) is 31.6. The number of aromatic amines is 1. The van der Waals surface area contributed by atoms with Crippen LogP contribution in [0.5, 0.6) is 0 Å². The normalized spacial score (nSPS) is 23.7. The molecule has 0 spiro atoms. The van der Waals surface area contributed by atoms with Gasteiger partial charge < -0.3 is 83.7 Å². The maximum atomic E-state index is 15.0. The minimum Gasteiger partial charge on any atom is -0.394 e. The standard InChI is InChI=1S/C62H82N14O16S/c1-8-31(4)52-58(89)65-26-48(82)69-43-29-93-61-39(38-11-9-10-12-40(38)72-61)22-41(55(86)64-24-32(5)66-52)70-60(91)53(33(6)45(79)28-77)74-57(88)44-21-37(78)27-76(44)62(92)42(71-56(43)87)23-47(81)63-25-35-13-15-36(16-14-35)68-54(85)34(7)67-59(90)51(30(2)3)73-46(80)19-20-75-49(83)17-18-50(75)84/h9-18,30-31,33-34,37,41-45,51-53,66,72,77-79H,5,8,19-29H2,1-4,6-7H3,(H,63,81)(H,64,86)(H,65,89)(H,67,90)(H,68,85)(H,69,82)(H,70,91)(H,71,87)(H,73,80)(H,74,88)/t31-,33-,34-,37+,41?,42?,43?,44-,45-,51?,52-,53-/m0/s1. The Labute approximate surface area is 540 Å². The summed E-state index contributed by atoms with van der Waals surface area (Å²) in [6, 6.07) is 1.87. The first kappa shape index (κ1) is 71.2. The zero-order chi connectivity index (χ0) is 68.0. The number of nitrogens with zero attached hydrogens (tertiary/aromatic N) is 2. The van der Waals surface area contributed by atoms with Crippen molar-refractivity contribution in [2.75, 3.05) is 43.9 Å². The van der Waals surface area contributed by atoms with E-state index in [1.54, 1.807) is 57.2 Å². The van der Waals surface area contributed by atoms with E-state index >= 15 is 4.79 Å². The molecule has 4 aliphatic heterocycles. The van der Waals surface area contributed by atoms with Gasteiger partial charge in [0.15, 0.2) is 0 Å². The second-order valence-corrected chi connectivity index (χ2v) is 24.9. The third-order valence-corrected chi connectivity index (χ3v) is 17.7. The number of fused-ring (bicyclic) bond motifs is 5. The minimum atomic E-state index is -1.82. The molecule has 1 fully saturated rings. The molecule has 30 nitrogen and oxygen atoms in total. The Hall–Kier alpha value is -9.20. The van der Waals surface area contributed by atoms with Crippen LogP contribution in [0, 0.1) is 17.8 Å². The number of amides is 13. The molecule has 4 aliphatic rings. The molecule has 1 aromatic heterocycles. The van der Waals surface area contributed by atoms with E-state index in [-0.39, 0.29) is 55.5 Å². The molecule has 2 aromatic carbocycles. The molecule has 3 aromatic rings. The zero-order valence-corrected chi connectivity index (χ0v) is 53.2. The van der Waals surface area contributed by atoms with Crippen molar-refractivity contribution in [1.29, 1.82) is 0 Å². The summed E-state index contributed by atoms with van der Waals surface area (Å²) in [7, 11) is 0. The van der Waals surface area contributed by atoms with Gasteiger partial charge in [-0.25, -0.2) is 0 Å². The number of H-pyrrole nitrogens is 1. The highest BCUT2D eigenvalue weighted by Gasteiger charge is 2.45. The lowest BCUT2D eigenvalue weighted by atomic mass is 9.93. The molecule has 0 aliphatic carbocycles. The summed E-state index contributed by atoms with van der Waals surface area (Å²) >= 11 is 1.03. The van der Waals surface area contributed by atoms with Gasteiger partial charge in [0, 0.05) is 85.0 Å². The van der Waals surface area contributed by atoms with Gasteiger partial charge >= 0.3 is 0 Å². The molecule has 2 bridgehead atoms. The number of carbonyl (C=O) groups excluding carboxylic acids is 13.